The Bertz CT molecular complexity index is 1460. The van der Waals surface area contributed by atoms with Gasteiger partial charge >= 0.3 is 0 Å². The Hall–Kier alpha value is -3.59. The normalized spacial score (nSPS) is 16.8. The molecule has 2 aromatic carbocycles. The summed E-state index contributed by atoms with van der Waals surface area (Å²) in [6.07, 6.45) is 3.93. The number of benzene rings is 2. The molecule has 194 valence electrons. The number of nitrogens with zero attached hydrogens (tertiary/aromatic N) is 3. The first-order valence-electron chi connectivity index (χ1n) is 12.0. The molecule has 4 aromatic rings. The van der Waals surface area contributed by atoms with Gasteiger partial charge in [0.1, 0.15) is 5.75 Å². The number of pyridine rings is 1. The van der Waals surface area contributed by atoms with Crippen molar-refractivity contribution in [2.45, 2.75) is 18.5 Å². The van der Waals surface area contributed by atoms with E-state index < -0.39 is 0 Å². The highest BCUT2D eigenvalue weighted by atomic mass is 35.5. The van der Waals surface area contributed by atoms with E-state index in [2.05, 4.69) is 15.6 Å². The van der Waals surface area contributed by atoms with E-state index in [0.717, 1.165) is 17.1 Å². The van der Waals surface area contributed by atoms with Crippen molar-refractivity contribution in [2.24, 2.45) is 0 Å². The molecule has 5 rings (SSSR count). The van der Waals surface area contributed by atoms with Crippen molar-refractivity contribution in [1.29, 1.82) is 0 Å². The SMILES string of the molecule is COc1ccccc1NC(=O)CCN1C(=S)N[C@@H](c2ccccn2)[C@@H]1c1cccn1-c1ccc(Cl)cc1Cl. The number of amides is 1. The van der Waals surface area contributed by atoms with Crippen LogP contribution >= 0.6 is 35.4 Å². The van der Waals surface area contributed by atoms with Crippen LogP contribution in [-0.2, 0) is 4.79 Å². The summed E-state index contributed by atoms with van der Waals surface area (Å²) in [5.74, 6) is 0.457. The van der Waals surface area contributed by atoms with Gasteiger partial charge in [-0.15, -0.1) is 0 Å². The van der Waals surface area contributed by atoms with E-state index in [4.69, 9.17) is 40.2 Å². The van der Waals surface area contributed by atoms with Crippen molar-refractivity contribution >= 4 is 52.1 Å². The van der Waals surface area contributed by atoms with Crippen molar-refractivity contribution in [2.75, 3.05) is 19.0 Å². The highest BCUT2D eigenvalue weighted by molar-refractivity contribution is 7.80. The van der Waals surface area contributed by atoms with Gasteiger partial charge in [-0.3, -0.25) is 9.78 Å². The van der Waals surface area contributed by atoms with E-state index in [9.17, 15) is 4.79 Å². The van der Waals surface area contributed by atoms with Crippen molar-refractivity contribution in [3.8, 4) is 11.4 Å². The molecular weight excluding hydrogens is 541 g/mol. The molecule has 3 heterocycles. The van der Waals surface area contributed by atoms with Gasteiger partial charge in [0.05, 0.1) is 41.3 Å². The van der Waals surface area contributed by atoms with Crippen LogP contribution in [0.4, 0.5) is 5.69 Å². The van der Waals surface area contributed by atoms with Gasteiger partial charge in [0.2, 0.25) is 5.91 Å². The lowest BCUT2D eigenvalue weighted by Gasteiger charge is -2.29. The third kappa shape index (κ3) is 5.34. The van der Waals surface area contributed by atoms with Gasteiger partial charge in [-0.2, -0.15) is 0 Å². The number of carbonyl (C=O) groups is 1. The second-order valence-corrected chi connectivity index (χ2v) is 9.95. The summed E-state index contributed by atoms with van der Waals surface area (Å²) in [7, 11) is 1.57. The van der Waals surface area contributed by atoms with Gasteiger partial charge in [0.15, 0.2) is 5.11 Å². The first kappa shape index (κ1) is 26.0. The highest BCUT2D eigenvalue weighted by Crippen LogP contribution is 2.40. The lowest BCUT2D eigenvalue weighted by atomic mass is 10.0. The Morgan fingerprint density at radius 1 is 1.11 bits per heavy atom. The molecule has 38 heavy (non-hydrogen) atoms. The summed E-state index contributed by atoms with van der Waals surface area (Å²) in [6, 6.07) is 22.0. The molecule has 0 radical (unpaired) electrons. The van der Waals surface area contributed by atoms with Crippen molar-refractivity contribution < 1.29 is 9.53 Å². The van der Waals surface area contributed by atoms with Crippen LogP contribution in [0, 0.1) is 0 Å². The molecule has 2 N–H and O–H groups in total. The van der Waals surface area contributed by atoms with E-state index in [0.29, 0.717) is 33.1 Å². The van der Waals surface area contributed by atoms with Crippen LogP contribution in [0.5, 0.6) is 5.75 Å². The monoisotopic (exact) mass is 565 g/mol. The maximum atomic E-state index is 12.9. The summed E-state index contributed by atoms with van der Waals surface area (Å²) in [4.78, 5) is 19.6. The maximum Gasteiger partial charge on any atom is 0.226 e. The number of ether oxygens (including phenoxy) is 1. The van der Waals surface area contributed by atoms with E-state index in [-0.39, 0.29) is 24.4 Å². The molecule has 1 amide bonds. The van der Waals surface area contributed by atoms with Crippen LogP contribution in [-0.4, -0.2) is 39.1 Å². The van der Waals surface area contributed by atoms with Gasteiger partial charge in [-0.25, -0.2) is 0 Å². The number of anilines is 1. The quantitative estimate of drug-likeness (QED) is 0.248. The molecule has 2 atom stereocenters. The van der Waals surface area contributed by atoms with Crippen LogP contribution < -0.4 is 15.4 Å². The van der Waals surface area contributed by atoms with Crippen LogP contribution in [0.2, 0.25) is 10.0 Å². The van der Waals surface area contributed by atoms with Gasteiger partial charge < -0.3 is 24.8 Å². The van der Waals surface area contributed by atoms with Crippen molar-refractivity contribution in [1.82, 2.24) is 19.8 Å². The Morgan fingerprint density at radius 2 is 1.92 bits per heavy atom. The van der Waals surface area contributed by atoms with Gasteiger partial charge in [-0.1, -0.05) is 41.4 Å². The number of aromatic nitrogens is 2. The fraction of sp³-hybridized carbons (Fsp3) is 0.179. The number of nitrogens with one attached hydrogen (secondary N) is 2. The minimum Gasteiger partial charge on any atom is -0.495 e. The maximum absolute atomic E-state index is 12.9. The zero-order chi connectivity index (χ0) is 26.6. The molecule has 1 saturated heterocycles. The Labute approximate surface area is 236 Å². The Kier molecular flexibility index (Phi) is 7.83. The molecule has 1 aliphatic rings. The lowest BCUT2D eigenvalue weighted by Crippen LogP contribution is -2.33. The zero-order valence-corrected chi connectivity index (χ0v) is 22.8. The number of carbonyl (C=O) groups excluding carboxylic acids is 1. The van der Waals surface area contributed by atoms with Crippen LogP contribution in [0.25, 0.3) is 5.69 Å². The van der Waals surface area contributed by atoms with Crippen molar-refractivity contribution in [3.63, 3.8) is 0 Å². The molecule has 0 unspecified atom stereocenters. The van der Waals surface area contributed by atoms with E-state index in [1.54, 1.807) is 37.6 Å². The molecule has 1 fully saturated rings. The average molecular weight is 567 g/mol. The van der Waals surface area contributed by atoms with Crippen LogP contribution in [0.15, 0.2) is 85.2 Å². The Morgan fingerprint density at radius 3 is 2.68 bits per heavy atom. The number of methoxy groups -OCH3 is 1. The highest BCUT2D eigenvalue weighted by Gasteiger charge is 2.41. The summed E-state index contributed by atoms with van der Waals surface area (Å²) in [5, 5.41) is 8.01. The third-order valence-electron chi connectivity index (χ3n) is 6.41. The summed E-state index contributed by atoms with van der Waals surface area (Å²) < 4.78 is 7.38. The zero-order valence-electron chi connectivity index (χ0n) is 20.5. The molecule has 0 saturated carbocycles. The molecule has 2 aromatic heterocycles. The number of hydrogen-bond acceptors (Lipinski definition) is 4. The second-order valence-electron chi connectivity index (χ2n) is 8.72. The number of halogens is 2. The standard InChI is InChI=1S/C28H25Cl2N5O2S/c1-37-24-10-3-2-7-20(24)32-25(36)13-16-35-27(26(33-28(35)38)21-8-4-5-14-31-21)23-9-6-15-34(23)22-12-11-18(29)17-19(22)30/h2-12,14-15,17,26-27H,13,16H2,1H3,(H,32,36)(H,33,38)/t26-,27-/m0/s1. The lowest BCUT2D eigenvalue weighted by molar-refractivity contribution is -0.116. The fourth-order valence-corrected chi connectivity index (χ4v) is 5.51. The first-order chi connectivity index (χ1) is 18.5. The number of para-hydroxylation sites is 2. The van der Waals surface area contributed by atoms with E-state index in [1.165, 1.54) is 0 Å². The molecule has 7 nitrogen and oxygen atoms in total. The minimum absolute atomic E-state index is 0.145. The molecule has 0 aliphatic carbocycles. The molecule has 10 heteroatoms. The van der Waals surface area contributed by atoms with E-state index >= 15 is 0 Å². The van der Waals surface area contributed by atoms with Gasteiger partial charge in [0.25, 0.3) is 0 Å². The average Bonchev–Trinajstić information content (AvgIpc) is 3.52. The van der Waals surface area contributed by atoms with Crippen LogP contribution in [0.3, 0.4) is 0 Å². The minimum atomic E-state index is -0.252. The molecule has 1 aliphatic heterocycles. The van der Waals surface area contributed by atoms with Gasteiger partial charge in [-0.05, 0) is 66.8 Å². The van der Waals surface area contributed by atoms with E-state index in [1.807, 2.05) is 64.2 Å². The van der Waals surface area contributed by atoms with Crippen molar-refractivity contribution in [3.05, 3.63) is 107 Å². The third-order valence-corrected chi connectivity index (χ3v) is 7.30. The predicted molar refractivity (Wildman–Crippen MR) is 154 cm³/mol. The van der Waals surface area contributed by atoms with Crippen LogP contribution in [0.1, 0.15) is 29.9 Å². The molecule has 0 bridgehead atoms. The fourth-order valence-electron chi connectivity index (χ4n) is 4.68. The molecule has 0 spiro atoms. The second kappa shape index (κ2) is 11.4. The largest absolute Gasteiger partial charge is 0.495 e. The summed E-state index contributed by atoms with van der Waals surface area (Å²) in [5.41, 5.74) is 3.21. The molecular formula is C28H25Cl2N5O2S. The topological polar surface area (TPSA) is 71.4 Å². The smallest absolute Gasteiger partial charge is 0.226 e. The predicted octanol–water partition coefficient (Wildman–Crippen LogP) is 6.19. The van der Waals surface area contributed by atoms with Gasteiger partial charge in [0, 0.05) is 36.1 Å². The summed E-state index contributed by atoms with van der Waals surface area (Å²) >= 11 is 18.5. The first-order valence-corrected chi connectivity index (χ1v) is 13.2. The Balaban J connectivity index is 1.45. The number of rotatable bonds is 8. The summed E-state index contributed by atoms with van der Waals surface area (Å²) in [6.45, 7) is 0.389. The number of hydrogen-bond donors (Lipinski definition) is 2. The number of thiocarbonyl (C=S) groups is 1.